The Morgan fingerprint density at radius 1 is 1.07 bits per heavy atom. The third-order valence-electron chi connectivity index (χ3n) is 5.94. The van der Waals surface area contributed by atoms with Gasteiger partial charge in [0.2, 0.25) is 0 Å². The summed E-state index contributed by atoms with van der Waals surface area (Å²) >= 11 is 6.50. The van der Waals surface area contributed by atoms with Gasteiger partial charge in [0.05, 0.1) is 5.02 Å². The van der Waals surface area contributed by atoms with Crippen LogP contribution < -0.4 is 4.74 Å². The highest BCUT2D eigenvalue weighted by Gasteiger charge is 2.29. The van der Waals surface area contributed by atoms with Crippen LogP contribution in [0.5, 0.6) is 5.75 Å². The molecule has 0 saturated carbocycles. The summed E-state index contributed by atoms with van der Waals surface area (Å²) in [5, 5.41) is 1.72. The number of hydrogen-bond donors (Lipinski definition) is 0. The fraction of sp³-hybridized carbons (Fsp3) is 0.348. The second-order valence-electron chi connectivity index (χ2n) is 7.76. The molecule has 0 radical (unpaired) electrons. The molecule has 1 aromatic heterocycles. The molecule has 3 heterocycles. The lowest BCUT2D eigenvalue weighted by Gasteiger charge is -2.40. The molecule has 0 atom stereocenters. The second kappa shape index (κ2) is 8.88. The molecule has 0 N–H and O–H groups in total. The standard InChI is InChI=1S/C23H24ClN3O.ClH/c24-21-13-18-15-27(16-28-23(18)22-20(21)7-4-10-25-22)19-8-11-26(12-9-19)14-17-5-2-1-3-6-17;/h1-7,10,13,19H,8-9,11-12,14-16H2;1H. The SMILES string of the molecule is Cl.Clc1cc2c(c3ncccc13)OCN(C1CCN(Cc3ccccc3)CC1)C2. The van der Waals surface area contributed by atoms with Gasteiger partial charge in [0.1, 0.15) is 12.2 Å². The number of pyridine rings is 1. The molecule has 0 spiro atoms. The first-order chi connectivity index (χ1) is 13.8. The summed E-state index contributed by atoms with van der Waals surface area (Å²) in [7, 11) is 0. The molecule has 2 aromatic carbocycles. The molecule has 2 aliphatic heterocycles. The lowest BCUT2D eigenvalue weighted by Crippen LogP contribution is -2.47. The van der Waals surface area contributed by atoms with Crippen molar-refractivity contribution in [3.63, 3.8) is 0 Å². The number of aromatic nitrogens is 1. The molecule has 0 aliphatic carbocycles. The van der Waals surface area contributed by atoms with Crippen LogP contribution in [0.4, 0.5) is 0 Å². The lowest BCUT2D eigenvalue weighted by molar-refractivity contribution is 0.0250. The number of fused-ring (bicyclic) bond motifs is 3. The smallest absolute Gasteiger partial charge is 0.152 e. The maximum absolute atomic E-state index is 6.50. The molecule has 0 bridgehead atoms. The molecule has 0 amide bonds. The Morgan fingerprint density at radius 3 is 2.66 bits per heavy atom. The molecular weight excluding hydrogens is 405 g/mol. The highest BCUT2D eigenvalue weighted by Crippen LogP contribution is 2.37. The number of hydrogen-bond acceptors (Lipinski definition) is 4. The van der Waals surface area contributed by atoms with Gasteiger partial charge >= 0.3 is 0 Å². The normalized spacial score (nSPS) is 18.1. The van der Waals surface area contributed by atoms with Crippen LogP contribution in [-0.2, 0) is 13.1 Å². The Kier molecular flexibility index (Phi) is 6.26. The van der Waals surface area contributed by atoms with E-state index in [1.165, 1.54) is 18.4 Å². The predicted molar refractivity (Wildman–Crippen MR) is 120 cm³/mol. The van der Waals surface area contributed by atoms with E-state index < -0.39 is 0 Å². The van der Waals surface area contributed by atoms with Gasteiger partial charge in [-0.3, -0.25) is 14.8 Å². The minimum Gasteiger partial charge on any atom is -0.475 e. The number of nitrogens with zero attached hydrogens (tertiary/aromatic N) is 3. The molecule has 1 saturated heterocycles. The Bertz CT molecular complexity index is 975. The van der Waals surface area contributed by atoms with Crippen molar-refractivity contribution in [3.8, 4) is 5.75 Å². The highest BCUT2D eigenvalue weighted by atomic mass is 35.5. The average molecular weight is 430 g/mol. The predicted octanol–water partition coefficient (Wildman–Crippen LogP) is 5.13. The van der Waals surface area contributed by atoms with E-state index in [1.807, 2.05) is 12.1 Å². The highest BCUT2D eigenvalue weighted by molar-refractivity contribution is 6.35. The van der Waals surface area contributed by atoms with Gasteiger partial charge in [0, 0.05) is 36.3 Å². The summed E-state index contributed by atoms with van der Waals surface area (Å²) in [5.41, 5.74) is 3.42. The van der Waals surface area contributed by atoms with Crippen molar-refractivity contribution in [2.24, 2.45) is 0 Å². The van der Waals surface area contributed by atoms with Crippen LogP contribution in [0.1, 0.15) is 24.0 Å². The fourth-order valence-electron chi connectivity index (χ4n) is 4.44. The van der Waals surface area contributed by atoms with Crippen LogP contribution in [0.2, 0.25) is 5.02 Å². The van der Waals surface area contributed by atoms with Crippen LogP contribution in [0.25, 0.3) is 10.9 Å². The lowest BCUT2D eigenvalue weighted by atomic mass is 10.0. The summed E-state index contributed by atoms with van der Waals surface area (Å²) < 4.78 is 6.17. The van der Waals surface area contributed by atoms with E-state index in [9.17, 15) is 0 Å². The zero-order chi connectivity index (χ0) is 18.9. The molecule has 1 fully saturated rings. The number of rotatable bonds is 3. The number of benzene rings is 2. The Labute approximate surface area is 182 Å². The van der Waals surface area contributed by atoms with Crippen LogP contribution in [-0.4, -0.2) is 40.6 Å². The first-order valence-corrected chi connectivity index (χ1v) is 10.3. The van der Waals surface area contributed by atoms with Crippen molar-refractivity contribution in [3.05, 3.63) is 70.9 Å². The monoisotopic (exact) mass is 429 g/mol. The van der Waals surface area contributed by atoms with E-state index in [0.29, 0.717) is 12.8 Å². The number of likely N-dealkylation sites (tertiary alicyclic amines) is 1. The van der Waals surface area contributed by atoms with E-state index in [-0.39, 0.29) is 12.4 Å². The third kappa shape index (κ3) is 4.22. The maximum Gasteiger partial charge on any atom is 0.152 e. The van der Waals surface area contributed by atoms with Gasteiger partial charge in [-0.15, -0.1) is 12.4 Å². The van der Waals surface area contributed by atoms with Crippen LogP contribution >= 0.6 is 24.0 Å². The van der Waals surface area contributed by atoms with Crippen LogP contribution in [0.3, 0.4) is 0 Å². The molecular formula is C23H25Cl2N3O. The third-order valence-corrected chi connectivity index (χ3v) is 6.26. The van der Waals surface area contributed by atoms with Gasteiger partial charge < -0.3 is 4.74 Å². The van der Waals surface area contributed by atoms with Crippen molar-refractivity contribution in [2.75, 3.05) is 19.8 Å². The topological polar surface area (TPSA) is 28.6 Å². The average Bonchev–Trinajstić information content (AvgIpc) is 2.75. The zero-order valence-electron chi connectivity index (χ0n) is 16.3. The van der Waals surface area contributed by atoms with E-state index in [4.69, 9.17) is 16.3 Å². The summed E-state index contributed by atoms with van der Waals surface area (Å²) in [6.45, 7) is 4.81. The van der Waals surface area contributed by atoms with Crippen molar-refractivity contribution >= 4 is 34.9 Å². The summed E-state index contributed by atoms with van der Waals surface area (Å²) in [5.74, 6) is 0.901. The van der Waals surface area contributed by atoms with Crippen molar-refractivity contribution in [1.82, 2.24) is 14.8 Å². The zero-order valence-corrected chi connectivity index (χ0v) is 17.8. The van der Waals surface area contributed by atoms with E-state index in [0.717, 1.165) is 53.4 Å². The van der Waals surface area contributed by atoms with E-state index in [1.54, 1.807) is 6.20 Å². The van der Waals surface area contributed by atoms with Crippen LogP contribution in [0.15, 0.2) is 54.7 Å². The Balaban J connectivity index is 0.00000205. The Hall–Kier alpha value is -1.85. The Morgan fingerprint density at radius 2 is 1.86 bits per heavy atom. The molecule has 3 aromatic rings. The van der Waals surface area contributed by atoms with Gasteiger partial charge in [-0.25, -0.2) is 0 Å². The summed E-state index contributed by atoms with van der Waals surface area (Å²) in [6, 6.07) is 17.3. The van der Waals surface area contributed by atoms with Gasteiger partial charge in [-0.1, -0.05) is 41.9 Å². The van der Waals surface area contributed by atoms with Gasteiger partial charge in [-0.05, 0) is 49.7 Å². The molecule has 6 heteroatoms. The minimum absolute atomic E-state index is 0. The van der Waals surface area contributed by atoms with Gasteiger partial charge in [-0.2, -0.15) is 0 Å². The van der Waals surface area contributed by atoms with Crippen LogP contribution in [0, 0.1) is 0 Å². The second-order valence-corrected chi connectivity index (χ2v) is 8.17. The fourth-order valence-corrected chi connectivity index (χ4v) is 4.72. The van der Waals surface area contributed by atoms with Crippen molar-refractivity contribution < 1.29 is 4.74 Å². The summed E-state index contributed by atoms with van der Waals surface area (Å²) in [4.78, 5) is 9.51. The minimum atomic E-state index is 0. The largest absolute Gasteiger partial charge is 0.475 e. The number of piperidine rings is 1. The number of halogens is 2. The van der Waals surface area contributed by atoms with Gasteiger partial charge in [0.15, 0.2) is 5.75 Å². The quantitative estimate of drug-likeness (QED) is 0.576. The van der Waals surface area contributed by atoms with E-state index in [2.05, 4.69) is 51.2 Å². The molecule has 29 heavy (non-hydrogen) atoms. The first kappa shape index (κ1) is 20.4. The van der Waals surface area contributed by atoms with Crippen molar-refractivity contribution in [2.45, 2.75) is 32.0 Å². The maximum atomic E-state index is 6.50. The van der Waals surface area contributed by atoms with E-state index >= 15 is 0 Å². The first-order valence-electron chi connectivity index (χ1n) is 9.97. The molecule has 4 nitrogen and oxygen atoms in total. The van der Waals surface area contributed by atoms with Gasteiger partial charge in [0.25, 0.3) is 0 Å². The molecule has 2 aliphatic rings. The molecule has 152 valence electrons. The summed E-state index contributed by atoms with van der Waals surface area (Å²) in [6.07, 6.45) is 4.15. The molecule has 5 rings (SSSR count). The van der Waals surface area contributed by atoms with Crippen molar-refractivity contribution in [1.29, 1.82) is 0 Å². The number of ether oxygens (including phenoxy) is 1. The molecule has 0 unspecified atom stereocenters.